The number of aryl methyl sites for hydroxylation is 1. The Morgan fingerprint density at radius 1 is 1.58 bits per heavy atom. The van der Waals surface area contributed by atoms with Gasteiger partial charge in [0.1, 0.15) is 5.39 Å². The molecule has 0 amide bonds. The monoisotopic (exact) mass is 229 g/mol. The zero-order chi connectivity index (χ0) is 8.72. The second kappa shape index (κ2) is 2.41. The van der Waals surface area contributed by atoms with Crippen molar-refractivity contribution in [2.24, 2.45) is 0 Å². The summed E-state index contributed by atoms with van der Waals surface area (Å²) in [6, 6.07) is 0. The summed E-state index contributed by atoms with van der Waals surface area (Å²) in [4.78, 5) is 11.2. The van der Waals surface area contributed by atoms with E-state index < -0.39 is 0 Å². The van der Waals surface area contributed by atoms with Crippen molar-refractivity contribution in [3.8, 4) is 0 Å². The summed E-state index contributed by atoms with van der Waals surface area (Å²) in [6.07, 6.45) is 0. The summed E-state index contributed by atoms with van der Waals surface area (Å²) in [7, 11) is 0. The van der Waals surface area contributed by atoms with Crippen LogP contribution in [0.2, 0.25) is 0 Å². The molecule has 5 nitrogen and oxygen atoms in total. The zero-order valence-electron chi connectivity index (χ0n) is 6.09. The van der Waals surface area contributed by atoms with Crippen molar-refractivity contribution in [3.63, 3.8) is 0 Å². The summed E-state index contributed by atoms with van der Waals surface area (Å²) in [6.45, 7) is 1.70. The van der Waals surface area contributed by atoms with Crippen LogP contribution in [-0.4, -0.2) is 15.4 Å². The molecule has 0 aliphatic heterocycles. The van der Waals surface area contributed by atoms with Gasteiger partial charge in [-0.2, -0.15) is 5.10 Å². The molecule has 0 aliphatic rings. The number of aromatic amines is 1. The minimum absolute atomic E-state index is 0.285. The molecule has 0 aromatic carbocycles. The molecule has 6 heteroatoms. The number of fused-ring (bicyclic) bond motifs is 1. The first-order valence-electron chi connectivity index (χ1n) is 3.20. The van der Waals surface area contributed by atoms with Gasteiger partial charge in [0.25, 0.3) is 5.56 Å². The minimum atomic E-state index is -0.285. The Morgan fingerprint density at radius 3 is 3.00 bits per heavy atom. The van der Waals surface area contributed by atoms with Gasteiger partial charge in [-0.25, -0.2) is 5.10 Å². The molecule has 0 radical (unpaired) electrons. The van der Waals surface area contributed by atoms with Gasteiger partial charge in [0.05, 0.1) is 5.69 Å². The Labute approximate surface area is 74.9 Å². The SMILES string of the molecule is Cc1noc2c(Br)n[nH]c(=O)c12. The highest BCUT2D eigenvalue weighted by atomic mass is 79.9. The van der Waals surface area contributed by atoms with Crippen LogP contribution in [0.1, 0.15) is 5.69 Å². The standard InChI is InChI=1S/C6H4BrN3O2/c1-2-3-4(12-10-2)5(7)8-9-6(3)11/h1H3,(H,9,11). The van der Waals surface area contributed by atoms with Crippen molar-refractivity contribution >= 4 is 26.9 Å². The fraction of sp³-hybridized carbons (Fsp3) is 0.167. The normalized spacial score (nSPS) is 10.8. The van der Waals surface area contributed by atoms with Crippen molar-refractivity contribution in [1.82, 2.24) is 15.4 Å². The number of nitrogens with zero attached hydrogens (tertiary/aromatic N) is 2. The first kappa shape index (κ1) is 7.48. The topological polar surface area (TPSA) is 71.8 Å². The summed E-state index contributed by atoms with van der Waals surface area (Å²) in [5.41, 5.74) is 0.664. The van der Waals surface area contributed by atoms with E-state index in [0.29, 0.717) is 21.3 Å². The lowest BCUT2D eigenvalue weighted by molar-refractivity contribution is 0.448. The lowest BCUT2D eigenvalue weighted by Crippen LogP contribution is -2.07. The highest BCUT2D eigenvalue weighted by Gasteiger charge is 2.11. The Hall–Kier alpha value is -1.17. The van der Waals surface area contributed by atoms with Gasteiger partial charge in [-0.15, -0.1) is 0 Å². The van der Waals surface area contributed by atoms with Gasteiger partial charge < -0.3 is 4.52 Å². The molecule has 0 fully saturated rings. The third-order valence-corrected chi connectivity index (χ3v) is 2.07. The largest absolute Gasteiger partial charge is 0.353 e. The van der Waals surface area contributed by atoms with E-state index in [2.05, 4.69) is 31.3 Å². The molecule has 0 bridgehead atoms. The fourth-order valence-corrected chi connectivity index (χ4v) is 1.34. The quantitative estimate of drug-likeness (QED) is 0.732. The molecule has 0 saturated heterocycles. The number of hydrogen-bond acceptors (Lipinski definition) is 4. The van der Waals surface area contributed by atoms with Crippen molar-refractivity contribution in [2.45, 2.75) is 6.92 Å². The van der Waals surface area contributed by atoms with E-state index in [1.54, 1.807) is 6.92 Å². The highest BCUT2D eigenvalue weighted by Crippen LogP contribution is 2.19. The van der Waals surface area contributed by atoms with E-state index in [-0.39, 0.29) is 5.56 Å². The predicted octanol–water partition coefficient (Wildman–Crippen LogP) is 0.982. The number of nitrogens with one attached hydrogen (secondary N) is 1. The third-order valence-electron chi connectivity index (χ3n) is 1.53. The molecule has 0 aliphatic carbocycles. The molecule has 12 heavy (non-hydrogen) atoms. The average molecular weight is 230 g/mol. The highest BCUT2D eigenvalue weighted by molar-refractivity contribution is 9.10. The number of rotatable bonds is 0. The second-order valence-electron chi connectivity index (χ2n) is 2.32. The number of H-pyrrole nitrogens is 1. The van der Waals surface area contributed by atoms with Crippen LogP contribution in [0.4, 0.5) is 0 Å². The van der Waals surface area contributed by atoms with Crippen LogP contribution >= 0.6 is 15.9 Å². The molecule has 2 aromatic rings. The van der Waals surface area contributed by atoms with Crippen LogP contribution in [0.3, 0.4) is 0 Å². The van der Waals surface area contributed by atoms with Gasteiger partial charge in [0.15, 0.2) is 4.60 Å². The van der Waals surface area contributed by atoms with Gasteiger partial charge in [-0.05, 0) is 22.9 Å². The summed E-state index contributed by atoms with van der Waals surface area (Å²) < 4.78 is 5.34. The van der Waals surface area contributed by atoms with Crippen LogP contribution in [0.25, 0.3) is 11.0 Å². The smallest absolute Gasteiger partial charge is 0.277 e. The summed E-state index contributed by atoms with van der Waals surface area (Å²) >= 11 is 3.13. The summed E-state index contributed by atoms with van der Waals surface area (Å²) in [5.74, 6) is 0. The molecule has 2 aromatic heterocycles. The predicted molar refractivity (Wildman–Crippen MR) is 44.9 cm³/mol. The van der Waals surface area contributed by atoms with Crippen molar-refractivity contribution in [1.29, 1.82) is 0 Å². The Kier molecular flexibility index (Phi) is 1.50. The average Bonchev–Trinajstić information content (AvgIpc) is 2.42. The van der Waals surface area contributed by atoms with E-state index in [0.717, 1.165) is 0 Å². The molecular weight excluding hydrogens is 226 g/mol. The lowest BCUT2D eigenvalue weighted by Gasteiger charge is -1.87. The third kappa shape index (κ3) is 0.878. The minimum Gasteiger partial charge on any atom is -0.353 e. The first-order chi connectivity index (χ1) is 5.70. The van der Waals surface area contributed by atoms with E-state index in [4.69, 9.17) is 4.52 Å². The van der Waals surface area contributed by atoms with Crippen LogP contribution in [0, 0.1) is 6.92 Å². The molecule has 1 N–H and O–H groups in total. The van der Waals surface area contributed by atoms with Gasteiger partial charge in [-0.3, -0.25) is 4.79 Å². The zero-order valence-corrected chi connectivity index (χ0v) is 7.67. The van der Waals surface area contributed by atoms with Gasteiger partial charge >= 0.3 is 0 Å². The fourth-order valence-electron chi connectivity index (χ4n) is 0.984. The van der Waals surface area contributed by atoms with Crippen LogP contribution in [-0.2, 0) is 0 Å². The van der Waals surface area contributed by atoms with E-state index in [9.17, 15) is 4.79 Å². The van der Waals surface area contributed by atoms with Crippen LogP contribution in [0.5, 0.6) is 0 Å². The molecular formula is C6H4BrN3O2. The van der Waals surface area contributed by atoms with E-state index in [1.807, 2.05) is 0 Å². The number of aromatic nitrogens is 3. The van der Waals surface area contributed by atoms with Crippen molar-refractivity contribution in [3.05, 3.63) is 20.7 Å². The van der Waals surface area contributed by atoms with Gasteiger partial charge in [0.2, 0.25) is 5.58 Å². The molecule has 2 heterocycles. The van der Waals surface area contributed by atoms with Crippen LogP contribution in [0.15, 0.2) is 13.9 Å². The Morgan fingerprint density at radius 2 is 2.33 bits per heavy atom. The molecule has 0 saturated carbocycles. The Bertz CT molecular complexity index is 487. The number of halogens is 1. The maximum Gasteiger partial charge on any atom is 0.277 e. The van der Waals surface area contributed by atoms with Crippen LogP contribution < -0.4 is 5.56 Å². The Balaban J connectivity index is 3.09. The first-order valence-corrected chi connectivity index (χ1v) is 3.99. The van der Waals surface area contributed by atoms with Gasteiger partial charge in [0, 0.05) is 0 Å². The molecule has 0 spiro atoms. The van der Waals surface area contributed by atoms with E-state index >= 15 is 0 Å². The van der Waals surface area contributed by atoms with Crippen molar-refractivity contribution < 1.29 is 4.52 Å². The van der Waals surface area contributed by atoms with Crippen molar-refractivity contribution in [2.75, 3.05) is 0 Å². The lowest BCUT2D eigenvalue weighted by atomic mass is 10.3. The maximum atomic E-state index is 11.2. The number of hydrogen-bond donors (Lipinski definition) is 1. The maximum absolute atomic E-state index is 11.2. The molecule has 0 atom stereocenters. The molecule has 62 valence electrons. The second-order valence-corrected chi connectivity index (χ2v) is 3.07. The summed E-state index contributed by atoms with van der Waals surface area (Å²) in [5, 5.41) is 10.1. The molecule has 2 rings (SSSR count). The van der Waals surface area contributed by atoms with E-state index in [1.165, 1.54) is 0 Å². The van der Waals surface area contributed by atoms with Gasteiger partial charge in [-0.1, -0.05) is 5.16 Å². The molecule has 0 unspecified atom stereocenters.